The second kappa shape index (κ2) is 7.40. The zero-order chi connectivity index (χ0) is 16.9. The van der Waals surface area contributed by atoms with Gasteiger partial charge in [0.15, 0.2) is 6.61 Å². The molecule has 0 unspecified atom stereocenters. The van der Waals surface area contributed by atoms with Crippen molar-refractivity contribution in [2.45, 2.75) is 4.90 Å². The Bertz CT molecular complexity index is 762. The molecule has 124 valence electrons. The number of rotatable bonds is 4. The van der Waals surface area contributed by atoms with Crippen LogP contribution in [-0.2, 0) is 9.53 Å². The molecule has 0 bridgehead atoms. The molecule has 0 saturated heterocycles. The van der Waals surface area contributed by atoms with Gasteiger partial charge in [-0.1, -0.05) is 18.2 Å². The van der Waals surface area contributed by atoms with Gasteiger partial charge in [-0.25, -0.2) is 4.79 Å². The number of esters is 1. The summed E-state index contributed by atoms with van der Waals surface area (Å²) in [6.45, 7) is 0.326. The fourth-order valence-corrected chi connectivity index (χ4v) is 3.46. The topological polar surface area (TPSA) is 55.8 Å². The van der Waals surface area contributed by atoms with E-state index in [2.05, 4.69) is 0 Å². The maximum Gasteiger partial charge on any atom is 0.338 e. The average Bonchev–Trinajstić information content (AvgIpc) is 2.65. The maximum absolute atomic E-state index is 12.4. The molecule has 0 N–H and O–H groups in total. The fourth-order valence-electron chi connectivity index (χ4n) is 2.47. The van der Waals surface area contributed by atoms with Gasteiger partial charge in [0.2, 0.25) is 0 Å². The van der Waals surface area contributed by atoms with Crippen molar-refractivity contribution in [3.63, 3.8) is 0 Å². The first-order valence-corrected chi connectivity index (χ1v) is 8.51. The van der Waals surface area contributed by atoms with Gasteiger partial charge in [0.05, 0.1) is 18.4 Å². The first kappa shape index (κ1) is 16.4. The van der Waals surface area contributed by atoms with Crippen LogP contribution in [0.15, 0.2) is 53.4 Å². The molecule has 0 atom stereocenters. The molecule has 1 aliphatic heterocycles. The van der Waals surface area contributed by atoms with Gasteiger partial charge in [0, 0.05) is 17.2 Å². The van der Waals surface area contributed by atoms with Crippen LogP contribution in [0.1, 0.15) is 10.4 Å². The molecule has 2 aromatic rings. The van der Waals surface area contributed by atoms with E-state index >= 15 is 0 Å². The lowest BCUT2D eigenvalue weighted by Crippen LogP contribution is -2.38. The van der Waals surface area contributed by atoms with Crippen molar-refractivity contribution < 1.29 is 19.1 Å². The van der Waals surface area contributed by atoms with Crippen LogP contribution in [-0.4, -0.2) is 37.9 Å². The molecule has 1 heterocycles. The molecule has 1 amide bonds. The van der Waals surface area contributed by atoms with Crippen molar-refractivity contribution in [3.8, 4) is 5.75 Å². The van der Waals surface area contributed by atoms with Crippen molar-refractivity contribution in [2.75, 3.05) is 30.9 Å². The summed E-state index contributed by atoms with van der Waals surface area (Å²) in [4.78, 5) is 27.3. The molecule has 0 aliphatic carbocycles. The standard InChI is InChI=1S/C18H17NO4S/c1-22-14-6-4-5-13(11-14)18(21)23-12-17(20)19-9-10-24-16-8-3-2-7-15(16)19/h2-8,11H,9-10,12H2,1H3. The van der Waals surface area contributed by atoms with E-state index in [4.69, 9.17) is 9.47 Å². The molecular formula is C18H17NO4S. The molecular weight excluding hydrogens is 326 g/mol. The Morgan fingerprint density at radius 1 is 1.17 bits per heavy atom. The lowest BCUT2D eigenvalue weighted by atomic mass is 10.2. The summed E-state index contributed by atoms with van der Waals surface area (Å²) in [7, 11) is 1.53. The highest BCUT2D eigenvalue weighted by Crippen LogP contribution is 2.34. The van der Waals surface area contributed by atoms with E-state index in [1.165, 1.54) is 7.11 Å². The van der Waals surface area contributed by atoms with Gasteiger partial charge in [-0.3, -0.25) is 4.79 Å². The number of nitrogens with zero attached hydrogens (tertiary/aromatic N) is 1. The van der Waals surface area contributed by atoms with E-state index < -0.39 is 5.97 Å². The molecule has 0 fully saturated rings. The van der Waals surface area contributed by atoms with E-state index in [0.717, 1.165) is 16.3 Å². The van der Waals surface area contributed by atoms with Crippen LogP contribution in [0.25, 0.3) is 0 Å². The molecule has 0 spiro atoms. The Labute approximate surface area is 144 Å². The first-order chi connectivity index (χ1) is 11.7. The number of carbonyl (C=O) groups excluding carboxylic acids is 2. The third-order valence-corrected chi connectivity index (χ3v) is 4.70. The minimum Gasteiger partial charge on any atom is -0.497 e. The molecule has 24 heavy (non-hydrogen) atoms. The Hall–Kier alpha value is -2.47. The summed E-state index contributed by atoms with van der Waals surface area (Å²) in [5.41, 5.74) is 1.23. The van der Waals surface area contributed by atoms with E-state index in [0.29, 0.717) is 17.9 Å². The number of fused-ring (bicyclic) bond motifs is 1. The lowest BCUT2D eigenvalue weighted by Gasteiger charge is -2.28. The summed E-state index contributed by atoms with van der Waals surface area (Å²) in [5, 5.41) is 0. The Morgan fingerprint density at radius 3 is 2.83 bits per heavy atom. The number of amides is 1. The maximum atomic E-state index is 12.4. The van der Waals surface area contributed by atoms with Crippen LogP contribution >= 0.6 is 11.8 Å². The summed E-state index contributed by atoms with van der Waals surface area (Å²) < 4.78 is 10.2. The quantitative estimate of drug-likeness (QED) is 0.799. The number of carbonyl (C=O) groups is 2. The summed E-state index contributed by atoms with van der Waals surface area (Å²) in [5.74, 6) is 0.630. The van der Waals surface area contributed by atoms with Gasteiger partial charge < -0.3 is 14.4 Å². The number of hydrogen-bond donors (Lipinski definition) is 0. The highest BCUT2D eigenvalue weighted by atomic mass is 32.2. The third kappa shape index (κ3) is 3.54. The second-order valence-corrected chi connectivity index (χ2v) is 6.31. The molecule has 6 heteroatoms. The van der Waals surface area contributed by atoms with Crippen LogP contribution < -0.4 is 9.64 Å². The molecule has 1 aliphatic rings. The number of para-hydroxylation sites is 1. The second-order valence-electron chi connectivity index (χ2n) is 5.17. The van der Waals surface area contributed by atoms with Gasteiger partial charge in [-0.15, -0.1) is 11.8 Å². The van der Waals surface area contributed by atoms with E-state index in [9.17, 15) is 9.59 Å². The van der Waals surface area contributed by atoms with E-state index in [-0.39, 0.29) is 12.5 Å². The summed E-state index contributed by atoms with van der Waals surface area (Å²) in [6.07, 6.45) is 0. The molecule has 0 radical (unpaired) electrons. The average molecular weight is 343 g/mol. The minimum absolute atomic E-state index is 0.223. The SMILES string of the molecule is COc1cccc(C(=O)OCC(=O)N2CCSc3ccccc32)c1. The summed E-state index contributed by atoms with van der Waals surface area (Å²) in [6, 6.07) is 14.4. The molecule has 0 aromatic heterocycles. The molecule has 5 nitrogen and oxygen atoms in total. The minimum atomic E-state index is -0.540. The predicted molar refractivity (Wildman–Crippen MR) is 92.8 cm³/mol. The Kier molecular flexibility index (Phi) is 5.05. The predicted octanol–water partition coefficient (Wildman–Crippen LogP) is 2.99. The van der Waals surface area contributed by atoms with Gasteiger partial charge >= 0.3 is 5.97 Å². The number of hydrogen-bond acceptors (Lipinski definition) is 5. The number of ether oxygens (including phenoxy) is 2. The van der Waals surface area contributed by atoms with Crippen molar-refractivity contribution >= 4 is 29.3 Å². The number of thioether (sulfide) groups is 1. The first-order valence-electron chi connectivity index (χ1n) is 7.52. The zero-order valence-corrected chi connectivity index (χ0v) is 14.0. The third-order valence-electron chi connectivity index (χ3n) is 3.66. The van der Waals surface area contributed by atoms with Crippen LogP contribution in [0, 0.1) is 0 Å². The van der Waals surface area contributed by atoms with Gasteiger partial charge in [0.1, 0.15) is 5.75 Å². The Morgan fingerprint density at radius 2 is 2.00 bits per heavy atom. The summed E-state index contributed by atoms with van der Waals surface area (Å²) >= 11 is 1.72. The molecule has 0 saturated carbocycles. The highest BCUT2D eigenvalue weighted by molar-refractivity contribution is 7.99. The van der Waals surface area contributed by atoms with E-state index in [1.54, 1.807) is 40.9 Å². The molecule has 2 aromatic carbocycles. The molecule has 3 rings (SSSR count). The van der Waals surface area contributed by atoms with Crippen molar-refractivity contribution in [1.82, 2.24) is 0 Å². The van der Waals surface area contributed by atoms with Crippen LogP contribution in [0.4, 0.5) is 5.69 Å². The lowest BCUT2D eigenvalue weighted by molar-refractivity contribution is -0.121. The van der Waals surface area contributed by atoms with Crippen molar-refractivity contribution in [1.29, 1.82) is 0 Å². The van der Waals surface area contributed by atoms with Gasteiger partial charge in [0.25, 0.3) is 5.91 Å². The van der Waals surface area contributed by atoms with Crippen LogP contribution in [0.2, 0.25) is 0 Å². The van der Waals surface area contributed by atoms with Crippen molar-refractivity contribution in [3.05, 3.63) is 54.1 Å². The normalized spacial score (nSPS) is 13.1. The fraction of sp³-hybridized carbons (Fsp3) is 0.222. The van der Waals surface area contributed by atoms with Crippen molar-refractivity contribution in [2.24, 2.45) is 0 Å². The number of benzene rings is 2. The zero-order valence-electron chi connectivity index (χ0n) is 13.2. The number of anilines is 1. The smallest absolute Gasteiger partial charge is 0.338 e. The van der Waals surface area contributed by atoms with E-state index in [1.807, 2.05) is 24.3 Å². The van der Waals surface area contributed by atoms with Crippen LogP contribution in [0.5, 0.6) is 5.75 Å². The van der Waals surface area contributed by atoms with Crippen LogP contribution in [0.3, 0.4) is 0 Å². The number of methoxy groups -OCH3 is 1. The highest BCUT2D eigenvalue weighted by Gasteiger charge is 2.23. The largest absolute Gasteiger partial charge is 0.497 e. The monoisotopic (exact) mass is 343 g/mol. The van der Waals surface area contributed by atoms with Gasteiger partial charge in [-0.2, -0.15) is 0 Å². The van der Waals surface area contributed by atoms with Gasteiger partial charge in [-0.05, 0) is 30.3 Å². The Balaban J connectivity index is 1.65.